The van der Waals surface area contributed by atoms with Crippen LogP contribution in [0, 0.1) is 19.8 Å². The fourth-order valence-corrected chi connectivity index (χ4v) is 7.10. The Balaban J connectivity index is 1.54. The minimum atomic E-state index is -0.655. The Labute approximate surface area is 263 Å². The zero-order valence-electron chi connectivity index (χ0n) is 27.6. The predicted molar refractivity (Wildman–Crippen MR) is 177 cm³/mol. The van der Waals surface area contributed by atoms with Gasteiger partial charge in [-0.25, -0.2) is 23.7 Å². The smallest absolute Gasteiger partial charge is 0.420 e. The van der Waals surface area contributed by atoms with Crippen molar-refractivity contribution in [2.45, 2.75) is 99.2 Å². The highest BCUT2D eigenvalue weighted by molar-refractivity contribution is 7.20. The quantitative estimate of drug-likeness (QED) is 0.227. The number of pyridine rings is 1. The Hall–Kier alpha value is -3.66. The first-order valence-corrected chi connectivity index (χ1v) is 16.2. The zero-order chi connectivity index (χ0) is 32.1. The van der Waals surface area contributed by atoms with Gasteiger partial charge < -0.3 is 14.4 Å². The van der Waals surface area contributed by atoms with E-state index >= 15 is 0 Å². The number of amides is 1. The summed E-state index contributed by atoms with van der Waals surface area (Å²) in [6.07, 6.45) is 9.08. The van der Waals surface area contributed by atoms with E-state index < -0.39 is 17.3 Å². The molecule has 0 atom stereocenters. The third-order valence-corrected chi connectivity index (χ3v) is 9.06. The number of carbonyl (C=O) groups is 2. The van der Waals surface area contributed by atoms with Crippen molar-refractivity contribution in [2.24, 2.45) is 5.92 Å². The molecule has 5 rings (SSSR count). The van der Waals surface area contributed by atoms with Gasteiger partial charge in [-0.05, 0) is 109 Å². The number of piperidine rings is 1. The lowest BCUT2D eigenvalue weighted by Crippen LogP contribution is -2.41. The van der Waals surface area contributed by atoms with Crippen LogP contribution in [0.25, 0.3) is 33.2 Å². The number of hydrogen-bond acceptors (Lipinski definition) is 7. The van der Waals surface area contributed by atoms with Gasteiger partial charge in [-0.2, -0.15) is 5.10 Å². The Bertz CT molecular complexity index is 1740. The Kier molecular flexibility index (Phi) is 8.44. The molecule has 0 unspecified atom stereocenters. The van der Waals surface area contributed by atoms with Crippen LogP contribution in [0.4, 0.5) is 9.59 Å². The van der Waals surface area contributed by atoms with E-state index in [1.54, 1.807) is 31.6 Å². The van der Waals surface area contributed by atoms with Crippen LogP contribution in [0.2, 0.25) is 0 Å². The second kappa shape index (κ2) is 11.7. The van der Waals surface area contributed by atoms with Gasteiger partial charge in [-0.15, -0.1) is 11.3 Å². The van der Waals surface area contributed by atoms with E-state index in [0.717, 1.165) is 61.5 Å². The summed E-state index contributed by atoms with van der Waals surface area (Å²) in [6.45, 7) is 21.2. The van der Waals surface area contributed by atoms with Gasteiger partial charge >= 0.3 is 12.2 Å². The molecule has 44 heavy (non-hydrogen) atoms. The van der Waals surface area contributed by atoms with Gasteiger partial charge in [0.1, 0.15) is 22.4 Å². The maximum absolute atomic E-state index is 14.0. The minimum absolute atomic E-state index is 0.144. The molecule has 0 N–H and O–H groups in total. The summed E-state index contributed by atoms with van der Waals surface area (Å²) < 4.78 is 15.1. The molecule has 4 aromatic heterocycles. The molecule has 0 radical (unpaired) electrons. The minimum Gasteiger partial charge on any atom is -0.444 e. The Morgan fingerprint density at radius 2 is 1.66 bits per heavy atom. The zero-order valence-corrected chi connectivity index (χ0v) is 28.5. The van der Waals surface area contributed by atoms with Crippen LogP contribution in [0.15, 0.2) is 24.7 Å². The van der Waals surface area contributed by atoms with Gasteiger partial charge in [0.05, 0.1) is 5.69 Å². The molecular formula is C34H45N5O4S. The van der Waals surface area contributed by atoms with E-state index in [4.69, 9.17) is 9.47 Å². The maximum Gasteiger partial charge on any atom is 0.420 e. The van der Waals surface area contributed by atoms with Crippen LogP contribution in [0.1, 0.15) is 95.7 Å². The molecule has 0 saturated carbocycles. The largest absolute Gasteiger partial charge is 0.444 e. The highest BCUT2D eigenvalue weighted by Crippen LogP contribution is 2.45. The second-order valence-corrected chi connectivity index (χ2v) is 15.1. The fraction of sp³-hybridized carbons (Fsp3) is 0.529. The summed E-state index contributed by atoms with van der Waals surface area (Å²) >= 11 is 1.62. The molecule has 1 saturated heterocycles. The van der Waals surface area contributed by atoms with Crippen molar-refractivity contribution in [3.8, 4) is 11.3 Å². The molecule has 236 valence electrons. The van der Waals surface area contributed by atoms with Crippen molar-refractivity contribution in [2.75, 3.05) is 13.1 Å². The summed E-state index contributed by atoms with van der Waals surface area (Å²) in [6, 6.07) is 2.08. The number of fused-ring (bicyclic) bond motifs is 2. The number of aryl methyl sites for hydroxylation is 2. The van der Waals surface area contributed by atoms with E-state index in [-0.39, 0.29) is 12.0 Å². The lowest BCUT2D eigenvalue weighted by molar-refractivity contribution is 0.0197. The lowest BCUT2D eigenvalue weighted by atomic mass is 9.94. The van der Waals surface area contributed by atoms with Gasteiger partial charge in [0.2, 0.25) is 0 Å². The number of ether oxygens (including phenoxy) is 2. The topological polar surface area (TPSA) is 91.0 Å². The van der Waals surface area contributed by atoms with E-state index in [2.05, 4.69) is 49.1 Å². The highest BCUT2D eigenvalue weighted by Gasteiger charge is 2.31. The molecule has 1 aliphatic heterocycles. The van der Waals surface area contributed by atoms with Crippen molar-refractivity contribution in [1.82, 2.24) is 24.1 Å². The molecular weight excluding hydrogens is 574 g/mol. The summed E-state index contributed by atoms with van der Waals surface area (Å²) in [5.74, 6) is 0.505. The highest BCUT2D eigenvalue weighted by atomic mass is 32.1. The van der Waals surface area contributed by atoms with Gasteiger partial charge in [-0.3, -0.25) is 0 Å². The Morgan fingerprint density at radius 3 is 2.27 bits per heavy atom. The summed E-state index contributed by atoms with van der Waals surface area (Å²) in [5, 5.41) is 5.49. The fourth-order valence-electron chi connectivity index (χ4n) is 5.87. The molecule has 0 aromatic carbocycles. The van der Waals surface area contributed by atoms with Gasteiger partial charge in [0, 0.05) is 35.1 Å². The number of thiophene rings is 1. The van der Waals surface area contributed by atoms with Gasteiger partial charge in [0.25, 0.3) is 0 Å². The first-order valence-electron chi connectivity index (χ1n) is 15.4. The molecule has 4 aromatic rings. The number of rotatable bonds is 4. The number of likely N-dealkylation sites (tertiary alicyclic amines) is 1. The normalized spacial score (nSPS) is 15.3. The standard InChI is InChI=1S/C34H45N5O4S/c1-20(2)26-27-22(4)25(12-11-23-13-15-37(16-14-23)31(40)42-33(5,6)7)44-30(27)39(32(41)43-34(8,9)10)28(26)24-17-21(3)29-35-19-36-38(29)18-24/h11-12,17-20,23H,13-16H2,1-10H3. The van der Waals surface area contributed by atoms with Gasteiger partial charge in [0.15, 0.2) is 5.65 Å². The third-order valence-electron chi connectivity index (χ3n) is 7.81. The second-order valence-electron chi connectivity index (χ2n) is 14.1. The monoisotopic (exact) mass is 619 g/mol. The average molecular weight is 620 g/mol. The molecule has 5 heterocycles. The van der Waals surface area contributed by atoms with Crippen LogP contribution in [0.3, 0.4) is 0 Å². The molecule has 0 spiro atoms. The maximum atomic E-state index is 14.0. The molecule has 1 amide bonds. The predicted octanol–water partition coefficient (Wildman–Crippen LogP) is 8.60. The van der Waals surface area contributed by atoms with Crippen LogP contribution >= 0.6 is 11.3 Å². The van der Waals surface area contributed by atoms with Crippen LogP contribution in [-0.4, -0.2) is 60.5 Å². The molecule has 1 aliphatic rings. The lowest BCUT2D eigenvalue weighted by Gasteiger charge is -2.32. The molecule has 9 nitrogen and oxygen atoms in total. The SMILES string of the molecule is Cc1c(C=CC2CCN(C(=O)OC(C)(C)C)CC2)sc2c1c(C(C)C)c(-c1cc(C)c3ncnn3c1)n2C(=O)OC(C)(C)C. The first-order chi connectivity index (χ1) is 20.5. The van der Waals surface area contributed by atoms with Gasteiger partial charge in [-0.1, -0.05) is 19.9 Å². The van der Waals surface area contributed by atoms with Crippen LogP contribution in [0.5, 0.6) is 0 Å². The Morgan fingerprint density at radius 1 is 1.02 bits per heavy atom. The number of aromatic nitrogens is 4. The summed E-state index contributed by atoms with van der Waals surface area (Å²) in [4.78, 5) is 34.7. The molecule has 1 fully saturated rings. The van der Waals surface area contributed by atoms with Crippen LogP contribution in [-0.2, 0) is 9.47 Å². The number of hydrogen-bond donors (Lipinski definition) is 0. The molecule has 0 bridgehead atoms. The van der Waals surface area contributed by atoms with Crippen molar-refractivity contribution in [3.05, 3.63) is 46.2 Å². The van der Waals surface area contributed by atoms with Crippen LogP contribution < -0.4 is 0 Å². The average Bonchev–Trinajstić information content (AvgIpc) is 3.59. The van der Waals surface area contributed by atoms with E-state index in [9.17, 15) is 9.59 Å². The molecule has 10 heteroatoms. The van der Waals surface area contributed by atoms with E-state index in [1.165, 1.54) is 0 Å². The van der Waals surface area contributed by atoms with Crippen molar-refractivity contribution in [3.63, 3.8) is 0 Å². The summed E-state index contributed by atoms with van der Waals surface area (Å²) in [7, 11) is 0. The number of allylic oxidation sites excluding steroid dienone is 1. The van der Waals surface area contributed by atoms with Crippen molar-refractivity contribution in [1.29, 1.82) is 0 Å². The molecule has 0 aliphatic carbocycles. The number of nitrogens with zero attached hydrogens (tertiary/aromatic N) is 5. The van der Waals surface area contributed by atoms with Crippen molar-refractivity contribution < 1.29 is 19.1 Å². The summed E-state index contributed by atoms with van der Waals surface area (Å²) in [5.41, 5.74) is 4.62. The number of carbonyl (C=O) groups excluding carboxylic acids is 2. The first kappa shape index (κ1) is 31.8. The third kappa shape index (κ3) is 6.41. The van der Waals surface area contributed by atoms with Crippen molar-refractivity contribution >= 4 is 45.5 Å². The van der Waals surface area contributed by atoms with E-state index in [1.807, 2.05) is 54.7 Å². The van der Waals surface area contributed by atoms with E-state index in [0.29, 0.717) is 19.0 Å².